The Kier molecular flexibility index (Phi) is 5.00. The van der Waals surface area contributed by atoms with E-state index in [1.165, 1.54) is 0 Å². The standard InChI is InChI=1S/C22H24N4O4/c27-21(16-8-12-29-14-16)24-20-5-9-23-26(20)17-6-10-25(11-7-17)22(28)19-13-15-3-1-2-4-18(15)30-19/h1-5,9,13,16-17H,6-8,10-12,14H2,(H,24,27)/t16-/m0/s1. The van der Waals surface area contributed by atoms with E-state index in [9.17, 15) is 9.59 Å². The molecule has 2 aliphatic heterocycles. The molecule has 2 saturated heterocycles. The summed E-state index contributed by atoms with van der Waals surface area (Å²) in [6.07, 6.45) is 3.99. The number of nitrogens with zero attached hydrogens (tertiary/aromatic N) is 3. The molecule has 156 valence electrons. The highest BCUT2D eigenvalue weighted by atomic mass is 16.5. The van der Waals surface area contributed by atoms with Gasteiger partial charge in [0.25, 0.3) is 5.91 Å². The smallest absolute Gasteiger partial charge is 0.289 e. The number of hydrogen-bond donors (Lipinski definition) is 1. The number of amides is 2. The van der Waals surface area contributed by atoms with Gasteiger partial charge in [-0.1, -0.05) is 18.2 Å². The molecule has 2 aliphatic rings. The third-order valence-electron chi connectivity index (χ3n) is 5.96. The minimum Gasteiger partial charge on any atom is -0.451 e. The van der Waals surface area contributed by atoms with Crippen molar-refractivity contribution in [1.82, 2.24) is 14.7 Å². The topological polar surface area (TPSA) is 89.6 Å². The predicted molar refractivity (Wildman–Crippen MR) is 110 cm³/mol. The second kappa shape index (κ2) is 7.95. The minimum absolute atomic E-state index is 0.0215. The van der Waals surface area contributed by atoms with E-state index >= 15 is 0 Å². The summed E-state index contributed by atoms with van der Waals surface area (Å²) in [5, 5.41) is 8.35. The van der Waals surface area contributed by atoms with E-state index in [0.717, 1.165) is 30.2 Å². The van der Waals surface area contributed by atoms with Crippen LogP contribution in [-0.2, 0) is 9.53 Å². The summed E-state index contributed by atoms with van der Waals surface area (Å²) in [6, 6.07) is 11.4. The maximum absolute atomic E-state index is 12.9. The Hall–Kier alpha value is -3.13. The van der Waals surface area contributed by atoms with Crippen molar-refractivity contribution in [2.75, 3.05) is 31.6 Å². The number of para-hydroxylation sites is 1. The highest BCUT2D eigenvalue weighted by Crippen LogP contribution is 2.28. The molecule has 0 spiro atoms. The molecule has 8 nitrogen and oxygen atoms in total. The van der Waals surface area contributed by atoms with Crippen molar-refractivity contribution in [2.45, 2.75) is 25.3 Å². The number of hydrogen-bond acceptors (Lipinski definition) is 5. The molecule has 0 bridgehead atoms. The van der Waals surface area contributed by atoms with Crippen molar-refractivity contribution in [3.8, 4) is 0 Å². The van der Waals surface area contributed by atoms with Crippen LogP contribution in [-0.4, -0.2) is 52.8 Å². The molecule has 1 N–H and O–H groups in total. The van der Waals surface area contributed by atoms with Crippen LogP contribution < -0.4 is 5.32 Å². The number of aromatic nitrogens is 2. The average Bonchev–Trinajstić information content (AvgIpc) is 3.53. The van der Waals surface area contributed by atoms with Crippen LogP contribution in [0, 0.1) is 5.92 Å². The highest BCUT2D eigenvalue weighted by Gasteiger charge is 2.29. The van der Waals surface area contributed by atoms with Crippen LogP contribution in [0.3, 0.4) is 0 Å². The maximum Gasteiger partial charge on any atom is 0.289 e. The van der Waals surface area contributed by atoms with E-state index in [-0.39, 0.29) is 23.8 Å². The van der Waals surface area contributed by atoms with E-state index in [4.69, 9.17) is 9.15 Å². The van der Waals surface area contributed by atoms with Gasteiger partial charge >= 0.3 is 0 Å². The monoisotopic (exact) mass is 408 g/mol. The van der Waals surface area contributed by atoms with Crippen LogP contribution in [0.2, 0.25) is 0 Å². The lowest BCUT2D eigenvalue weighted by Gasteiger charge is -2.32. The second-order valence-electron chi connectivity index (χ2n) is 7.88. The summed E-state index contributed by atoms with van der Waals surface area (Å²) in [5.74, 6) is 0.873. The molecule has 1 atom stereocenters. The van der Waals surface area contributed by atoms with Gasteiger partial charge in [0.05, 0.1) is 24.8 Å². The molecule has 4 heterocycles. The first-order valence-corrected chi connectivity index (χ1v) is 10.4. The number of likely N-dealkylation sites (tertiary alicyclic amines) is 1. The van der Waals surface area contributed by atoms with Gasteiger partial charge in [0.1, 0.15) is 11.4 Å². The number of piperidine rings is 1. The molecule has 2 fully saturated rings. The Labute approximate surface area is 173 Å². The van der Waals surface area contributed by atoms with E-state index < -0.39 is 0 Å². The molecule has 8 heteroatoms. The molecule has 3 aromatic rings. The van der Waals surface area contributed by atoms with Crippen LogP contribution in [0.25, 0.3) is 11.0 Å². The summed E-state index contributed by atoms with van der Waals surface area (Å²) in [5.41, 5.74) is 0.723. The predicted octanol–water partition coefficient (Wildman–Crippen LogP) is 3.08. The van der Waals surface area contributed by atoms with Gasteiger partial charge in [-0.3, -0.25) is 9.59 Å². The summed E-state index contributed by atoms with van der Waals surface area (Å²) in [6.45, 7) is 2.34. The summed E-state index contributed by atoms with van der Waals surface area (Å²) < 4.78 is 12.9. The lowest BCUT2D eigenvalue weighted by atomic mass is 10.0. The average molecular weight is 408 g/mol. The van der Waals surface area contributed by atoms with Gasteiger partial charge in [-0.2, -0.15) is 5.10 Å². The number of anilines is 1. The van der Waals surface area contributed by atoms with E-state index in [1.54, 1.807) is 12.3 Å². The Morgan fingerprint density at radius 3 is 2.70 bits per heavy atom. The number of rotatable bonds is 4. The zero-order valence-corrected chi connectivity index (χ0v) is 16.6. The normalized spacial score (nSPS) is 20.0. The van der Waals surface area contributed by atoms with Crippen LogP contribution in [0.1, 0.15) is 35.9 Å². The van der Waals surface area contributed by atoms with Crippen LogP contribution in [0.4, 0.5) is 5.82 Å². The molecular weight excluding hydrogens is 384 g/mol. The number of carbonyl (C=O) groups excluding carboxylic acids is 2. The van der Waals surface area contributed by atoms with Crippen molar-refractivity contribution in [3.63, 3.8) is 0 Å². The largest absolute Gasteiger partial charge is 0.451 e. The van der Waals surface area contributed by atoms with Gasteiger partial charge < -0.3 is 19.4 Å². The number of benzene rings is 1. The van der Waals surface area contributed by atoms with E-state index in [2.05, 4.69) is 10.4 Å². The first-order chi connectivity index (χ1) is 14.7. The van der Waals surface area contributed by atoms with Gasteiger partial charge in [0.2, 0.25) is 5.91 Å². The van der Waals surface area contributed by atoms with Gasteiger partial charge in [-0.15, -0.1) is 0 Å². The Balaban J connectivity index is 1.22. The Morgan fingerprint density at radius 2 is 1.93 bits per heavy atom. The number of furan rings is 1. The first kappa shape index (κ1) is 18.9. The fourth-order valence-corrected chi connectivity index (χ4v) is 4.23. The molecule has 1 aromatic carbocycles. The van der Waals surface area contributed by atoms with E-state index in [0.29, 0.717) is 37.9 Å². The van der Waals surface area contributed by atoms with Crippen molar-refractivity contribution in [1.29, 1.82) is 0 Å². The molecule has 2 aromatic heterocycles. The molecule has 2 amide bonds. The summed E-state index contributed by atoms with van der Waals surface area (Å²) in [4.78, 5) is 27.1. The lowest BCUT2D eigenvalue weighted by molar-refractivity contribution is -0.119. The van der Waals surface area contributed by atoms with Crippen LogP contribution in [0.15, 0.2) is 47.0 Å². The van der Waals surface area contributed by atoms with Crippen molar-refractivity contribution in [3.05, 3.63) is 48.4 Å². The minimum atomic E-state index is -0.100. The van der Waals surface area contributed by atoms with E-state index in [1.807, 2.05) is 39.9 Å². The SMILES string of the molecule is O=C(Nc1ccnn1C1CCN(C(=O)c2cc3ccccc3o2)CC1)[C@H]1CCOC1. The molecule has 0 radical (unpaired) electrons. The van der Waals surface area contributed by atoms with Gasteiger partial charge in [0, 0.05) is 31.1 Å². The molecular formula is C22H24N4O4. The lowest BCUT2D eigenvalue weighted by Crippen LogP contribution is -2.39. The summed E-state index contributed by atoms with van der Waals surface area (Å²) >= 11 is 0. The third kappa shape index (κ3) is 3.59. The highest BCUT2D eigenvalue weighted by molar-refractivity contribution is 5.96. The summed E-state index contributed by atoms with van der Waals surface area (Å²) in [7, 11) is 0. The molecule has 0 aliphatic carbocycles. The zero-order valence-electron chi connectivity index (χ0n) is 16.6. The van der Waals surface area contributed by atoms with Crippen molar-refractivity contribution in [2.24, 2.45) is 5.92 Å². The number of carbonyl (C=O) groups is 2. The van der Waals surface area contributed by atoms with Gasteiger partial charge in [-0.05, 0) is 31.4 Å². The maximum atomic E-state index is 12.9. The molecule has 30 heavy (non-hydrogen) atoms. The van der Waals surface area contributed by atoms with Crippen LogP contribution >= 0.6 is 0 Å². The second-order valence-corrected chi connectivity index (χ2v) is 7.88. The van der Waals surface area contributed by atoms with Crippen molar-refractivity contribution < 1.29 is 18.7 Å². The molecule has 0 saturated carbocycles. The molecule has 0 unspecified atom stereocenters. The fourth-order valence-electron chi connectivity index (χ4n) is 4.23. The molecule has 5 rings (SSSR count). The zero-order chi connectivity index (χ0) is 20.5. The number of ether oxygens (including phenoxy) is 1. The quantitative estimate of drug-likeness (QED) is 0.717. The number of fused-ring (bicyclic) bond motifs is 1. The number of nitrogens with one attached hydrogen (secondary N) is 1. The van der Waals surface area contributed by atoms with Gasteiger partial charge in [0.15, 0.2) is 5.76 Å². The van der Waals surface area contributed by atoms with Crippen LogP contribution in [0.5, 0.6) is 0 Å². The Morgan fingerprint density at radius 1 is 1.10 bits per heavy atom. The third-order valence-corrected chi connectivity index (χ3v) is 5.96. The Bertz CT molecular complexity index is 1020. The fraction of sp³-hybridized carbons (Fsp3) is 0.409. The first-order valence-electron chi connectivity index (χ1n) is 10.4. The van der Waals surface area contributed by atoms with Gasteiger partial charge in [-0.25, -0.2) is 4.68 Å². The van der Waals surface area contributed by atoms with Crippen molar-refractivity contribution >= 4 is 28.6 Å².